The van der Waals surface area contributed by atoms with Gasteiger partial charge in [-0.05, 0) is 91.3 Å². The van der Waals surface area contributed by atoms with Crippen molar-refractivity contribution in [2.24, 2.45) is 0 Å². The Labute approximate surface area is 245 Å². The van der Waals surface area contributed by atoms with Gasteiger partial charge in [-0.1, -0.05) is 12.1 Å². The zero-order valence-corrected chi connectivity index (χ0v) is 26.2. The van der Waals surface area contributed by atoms with Crippen LogP contribution in [0.2, 0.25) is 0 Å². The van der Waals surface area contributed by atoms with Crippen LogP contribution in [0.15, 0.2) is 53.6 Å². The van der Waals surface area contributed by atoms with Crippen molar-refractivity contribution in [2.75, 3.05) is 5.32 Å². The van der Waals surface area contributed by atoms with Crippen molar-refractivity contribution in [2.45, 2.75) is 84.1 Å². The monoisotopic (exact) mass is 602 g/mol. The minimum absolute atomic E-state index is 0.0781. The lowest BCUT2D eigenvalue weighted by molar-refractivity contribution is 0.0523. The Morgan fingerprint density at radius 1 is 0.976 bits per heavy atom. The molecule has 0 atom stereocenters. The molecule has 2 aromatic carbocycles. The van der Waals surface area contributed by atoms with E-state index in [1.807, 2.05) is 12.1 Å². The van der Waals surface area contributed by atoms with Crippen LogP contribution in [0.3, 0.4) is 0 Å². The van der Waals surface area contributed by atoms with Gasteiger partial charge < -0.3 is 14.8 Å². The second-order valence-corrected chi connectivity index (χ2v) is 14.4. The highest BCUT2D eigenvalue weighted by Crippen LogP contribution is 2.36. The van der Waals surface area contributed by atoms with E-state index in [0.717, 1.165) is 5.56 Å². The smallest absolute Gasteiger partial charge is 0.411 e. The van der Waals surface area contributed by atoms with E-state index in [1.54, 1.807) is 91.9 Å². The molecule has 0 aliphatic heterocycles. The van der Waals surface area contributed by atoms with Crippen molar-refractivity contribution in [1.29, 1.82) is 0 Å². The van der Waals surface area contributed by atoms with Crippen LogP contribution in [0.1, 0.15) is 61.0 Å². The van der Waals surface area contributed by atoms with Crippen LogP contribution >= 0.6 is 11.3 Å². The molecule has 1 heterocycles. The van der Waals surface area contributed by atoms with Crippen molar-refractivity contribution >= 4 is 39.2 Å². The Balaban J connectivity index is 1.90. The maximum atomic E-state index is 13.5. The SMILES string of the molecule is CC(C)OC(=O)Nc1ccc(-c2ncc(-c3ccc(CNC(=O)OC(C)(C)C)cc3S(=O)(=O)NC(C)(C)C)s2)cc1. The molecule has 3 N–H and O–H groups in total. The standard InChI is InChI=1S/C29H38N4O6S2/c1-18(2)38-27(35)32-21-12-10-20(11-13-21)25-30-17-23(40-25)22-14-9-19(16-31-26(34)39-29(6,7)8)15-24(22)41(36,37)33-28(3,4)5/h9-15,17-18,33H,16H2,1-8H3,(H,31,34)(H,32,35). The molecule has 3 rings (SSSR count). The maximum absolute atomic E-state index is 13.5. The summed E-state index contributed by atoms with van der Waals surface area (Å²) in [5.41, 5.74) is 1.10. The van der Waals surface area contributed by atoms with Crippen LogP contribution < -0.4 is 15.4 Å². The van der Waals surface area contributed by atoms with Crippen LogP contribution in [-0.2, 0) is 26.0 Å². The third-order valence-electron chi connectivity index (χ3n) is 5.10. The van der Waals surface area contributed by atoms with Crippen molar-refractivity contribution in [1.82, 2.24) is 15.0 Å². The van der Waals surface area contributed by atoms with Crippen LogP contribution in [0.4, 0.5) is 15.3 Å². The summed E-state index contributed by atoms with van der Waals surface area (Å²) >= 11 is 1.34. The van der Waals surface area contributed by atoms with Crippen LogP contribution in [0, 0.1) is 0 Å². The van der Waals surface area contributed by atoms with E-state index in [9.17, 15) is 18.0 Å². The van der Waals surface area contributed by atoms with E-state index in [1.165, 1.54) is 11.3 Å². The third kappa shape index (κ3) is 9.83. The maximum Gasteiger partial charge on any atom is 0.411 e. The second-order valence-electron chi connectivity index (χ2n) is 11.7. The number of benzene rings is 2. The predicted octanol–water partition coefficient (Wildman–Crippen LogP) is 6.54. The van der Waals surface area contributed by atoms with Gasteiger partial charge in [0.05, 0.1) is 15.9 Å². The molecule has 12 heteroatoms. The zero-order chi connectivity index (χ0) is 30.6. The van der Waals surface area contributed by atoms with Gasteiger partial charge in [0.25, 0.3) is 0 Å². The van der Waals surface area contributed by atoms with E-state index >= 15 is 0 Å². The molecule has 2 amide bonds. The van der Waals surface area contributed by atoms with Crippen molar-refractivity contribution in [3.05, 3.63) is 54.2 Å². The number of anilines is 1. The fourth-order valence-corrected chi connectivity index (χ4v) is 6.35. The minimum atomic E-state index is -3.94. The van der Waals surface area contributed by atoms with Crippen molar-refractivity contribution in [3.8, 4) is 21.0 Å². The minimum Gasteiger partial charge on any atom is -0.447 e. The first kappa shape index (κ1) is 32.0. The highest BCUT2D eigenvalue weighted by atomic mass is 32.2. The molecule has 0 aliphatic carbocycles. The van der Waals surface area contributed by atoms with Crippen LogP contribution in [-0.4, -0.2) is 42.8 Å². The number of hydrogen-bond donors (Lipinski definition) is 3. The predicted molar refractivity (Wildman–Crippen MR) is 161 cm³/mol. The fourth-order valence-electron chi connectivity index (χ4n) is 3.64. The summed E-state index contributed by atoms with van der Waals surface area (Å²) in [7, 11) is -3.94. The number of carbonyl (C=O) groups is 2. The summed E-state index contributed by atoms with van der Waals surface area (Å²) < 4.78 is 40.1. The number of nitrogens with zero attached hydrogens (tertiary/aromatic N) is 1. The van der Waals surface area contributed by atoms with E-state index in [4.69, 9.17) is 9.47 Å². The van der Waals surface area contributed by atoms with Crippen LogP contribution in [0.25, 0.3) is 21.0 Å². The van der Waals surface area contributed by atoms with Gasteiger partial charge >= 0.3 is 12.2 Å². The molecule has 0 saturated carbocycles. The fraction of sp³-hybridized carbons (Fsp3) is 0.414. The molecule has 10 nitrogen and oxygen atoms in total. The first-order valence-electron chi connectivity index (χ1n) is 13.1. The van der Waals surface area contributed by atoms with Gasteiger partial charge in [-0.15, -0.1) is 11.3 Å². The van der Waals surface area contributed by atoms with E-state index in [-0.39, 0.29) is 17.5 Å². The number of hydrogen-bond acceptors (Lipinski definition) is 8. The Kier molecular flexibility index (Phi) is 9.83. The average molecular weight is 603 g/mol. The molecule has 1 aromatic heterocycles. The number of rotatable bonds is 8. The molecule has 0 aliphatic rings. The Bertz CT molecular complexity index is 1480. The molecule has 0 radical (unpaired) electrons. The lowest BCUT2D eigenvalue weighted by Crippen LogP contribution is -2.40. The Morgan fingerprint density at radius 3 is 2.22 bits per heavy atom. The van der Waals surface area contributed by atoms with Gasteiger partial charge in [-0.3, -0.25) is 5.32 Å². The van der Waals surface area contributed by atoms with Crippen molar-refractivity contribution < 1.29 is 27.5 Å². The Hall–Kier alpha value is -3.48. The van der Waals surface area contributed by atoms with Gasteiger partial charge in [0.1, 0.15) is 10.6 Å². The normalized spacial score (nSPS) is 12.2. The van der Waals surface area contributed by atoms with Gasteiger partial charge in [0.2, 0.25) is 10.0 Å². The molecule has 0 fully saturated rings. The summed E-state index contributed by atoms with van der Waals surface area (Å²) in [5, 5.41) is 6.03. The van der Waals surface area contributed by atoms with Gasteiger partial charge in [-0.25, -0.2) is 27.7 Å². The average Bonchev–Trinajstić information content (AvgIpc) is 3.30. The largest absolute Gasteiger partial charge is 0.447 e. The first-order chi connectivity index (χ1) is 18.9. The number of alkyl carbamates (subject to hydrolysis) is 1. The Morgan fingerprint density at radius 2 is 1.63 bits per heavy atom. The second kappa shape index (κ2) is 12.6. The summed E-state index contributed by atoms with van der Waals surface area (Å²) in [6.45, 7) is 14.2. The van der Waals surface area contributed by atoms with E-state index in [2.05, 4.69) is 20.3 Å². The summed E-state index contributed by atoms with van der Waals surface area (Å²) in [6, 6.07) is 12.2. The molecule has 0 spiro atoms. The van der Waals surface area contributed by atoms with Gasteiger partial charge in [-0.2, -0.15) is 0 Å². The first-order valence-corrected chi connectivity index (χ1v) is 15.4. The van der Waals surface area contributed by atoms with E-state index in [0.29, 0.717) is 26.7 Å². The topological polar surface area (TPSA) is 136 Å². The van der Waals surface area contributed by atoms with Crippen LogP contribution in [0.5, 0.6) is 0 Å². The molecule has 41 heavy (non-hydrogen) atoms. The molecule has 0 saturated heterocycles. The lowest BCUT2D eigenvalue weighted by Gasteiger charge is -2.22. The summed E-state index contributed by atoms with van der Waals surface area (Å²) in [6.07, 6.45) is 0.275. The zero-order valence-electron chi connectivity index (χ0n) is 24.6. The number of sulfonamides is 1. The molecular weight excluding hydrogens is 564 g/mol. The van der Waals surface area contributed by atoms with Gasteiger partial charge in [0, 0.05) is 35.1 Å². The summed E-state index contributed by atoms with van der Waals surface area (Å²) in [5.74, 6) is 0. The van der Waals surface area contributed by atoms with E-state index < -0.39 is 33.3 Å². The number of amides is 2. The molecule has 0 bridgehead atoms. The third-order valence-corrected chi connectivity index (χ3v) is 7.98. The number of carbonyl (C=O) groups excluding carboxylic acids is 2. The highest BCUT2D eigenvalue weighted by molar-refractivity contribution is 7.89. The molecular formula is C29H38N4O6S2. The highest BCUT2D eigenvalue weighted by Gasteiger charge is 2.26. The summed E-state index contributed by atoms with van der Waals surface area (Å²) in [4.78, 5) is 29.3. The number of ether oxygens (including phenoxy) is 2. The number of nitrogens with one attached hydrogen (secondary N) is 3. The molecule has 3 aromatic rings. The van der Waals surface area contributed by atoms with Gasteiger partial charge in [0.15, 0.2) is 0 Å². The number of thiazole rings is 1. The van der Waals surface area contributed by atoms with Crippen molar-refractivity contribution in [3.63, 3.8) is 0 Å². The quantitative estimate of drug-likeness (QED) is 0.266. The molecule has 0 unspecified atom stereocenters. The number of aromatic nitrogens is 1. The lowest BCUT2D eigenvalue weighted by atomic mass is 10.1. The molecule has 222 valence electrons.